The fourth-order valence-electron chi connectivity index (χ4n) is 2.36. The number of aliphatic hydroxyl groups is 1. The molecule has 0 spiro atoms. The maximum atomic E-state index is 12.1. The number of nitrogens with two attached hydrogens (primary N) is 1. The summed E-state index contributed by atoms with van der Waals surface area (Å²) in [5, 5.41) is 14.4. The number of rotatable bonds is 5. The van der Waals surface area contributed by atoms with Crippen molar-refractivity contribution in [2.45, 2.75) is 35.2 Å². The number of primary sulfonamides is 1. The molecule has 2 atom stereocenters. The van der Waals surface area contributed by atoms with E-state index in [0.29, 0.717) is 12.8 Å². The number of benzene rings is 1. The first-order valence-electron chi connectivity index (χ1n) is 6.49. The summed E-state index contributed by atoms with van der Waals surface area (Å²) in [4.78, 5) is -0.394. The summed E-state index contributed by atoms with van der Waals surface area (Å²) in [6.45, 7) is 0.221. The summed E-state index contributed by atoms with van der Waals surface area (Å²) in [7, 11) is -7.75. The van der Waals surface area contributed by atoms with Crippen molar-refractivity contribution in [3.05, 3.63) is 24.3 Å². The summed E-state index contributed by atoms with van der Waals surface area (Å²) in [5.41, 5.74) is 0. The zero-order valence-electron chi connectivity index (χ0n) is 11.3. The van der Waals surface area contributed by atoms with E-state index < -0.39 is 20.0 Å². The van der Waals surface area contributed by atoms with Crippen LogP contribution in [-0.4, -0.2) is 34.6 Å². The van der Waals surface area contributed by atoms with Crippen LogP contribution in [0.3, 0.4) is 0 Å². The lowest BCUT2D eigenvalue weighted by molar-refractivity contribution is 0.178. The minimum atomic E-state index is -3.95. The molecule has 1 fully saturated rings. The van der Waals surface area contributed by atoms with Crippen LogP contribution in [-0.2, 0) is 20.0 Å². The van der Waals surface area contributed by atoms with Crippen LogP contribution in [0.15, 0.2) is 34.1 Å². The van der Waals surface area contributed by atoms with Gasteiger partial charge in [0, 0.05) is 6.54 Å². The van der Waals surface area contributed by atoms with E-state index in [1.807, 2.05) is 0 Å². The van der Waals surface area contributed by atoms with Crippen molar-refractivity contribution in [3.63, 3.8) is 0 Å². The Morgan fingerprint density at radius 3 is 2.43 bits per heavy atom. The maximum Gasteiger partial charge on any atom is 0.240 e. The van der Waals surface area contributed by atoms with Crippen molar-refractivity contribution in [1.82, 2.24) is 4.72 Å². The summed E-state index contributed by atoms with van der Waals surface area (Å²) in [6, 6.07) is 4.90. The highest BCUT2D eigenvalue weighted by Crippen LogP contribution is 2.25. The van der Waals surface area contributed by atoms with Crippen LogP contribution in [0.4, 0.5) is 0 Å². The highest BCUT2D eigenvalue weighted by atomic mass is 32.2. The average molecular weight is 334 g/mol. The molecule has 1 aliphatic carbocycles. The molecule has 0 radical (unpaired) electrons. The molecule has 2 rings (SSSR count). The van der Waals surface area contributed by atoms with Crippen molar-refractivity contribution < 1.29 is 21.9 Å². The smallest absolute Gasteiger partial charge is 0.240 e. The second kappa shape index (κ2) is 6.01. The topological polar surface area (TPSA) is 127 Å². The van der Waals surface area contributed by atoms with Crippen LogP contribution in [0, 0.1) is 5.92 Å². The molecular weight excluding hydrogens is 316 g/mol. The predicted molar refractivity (Wildman–Crippen MR) is 76.4 cm³/mol. The van der Waals surface area contributed by atoms with Gasteiger partial charge in [0.2, 0.25) is 20.0 Å². The molecule has 0 saturated heterocycles. The molecule has 0 aliphatic heterocycles. The largest absolute Gasteiger partial charge is 0.393 e. The SMILES string of the molecule is NS(=O)(=O)c1cccc(S(=O)(=O)NCC2CCC(O)C2)c1. The van der Waals surface area contributed by atoms with Crippen LogP contribution in [0.25, 0.3) is 0 Å². The Balaban J connectivity index is 2.12. The first kappa shape index (κ1) is 16.4. The second-order valence-corrected chi connectivity index (χ2v) is 8.53. The number of nitrogens with one attached hydrogen (secondary N) is 1. The first-order chi connectivity index (χ1) is 9.68. The average Bonchev–Trinajstić information content (AvgIpc) is 2.82. The van der Waals surface area contributed by atoms with Gasteiger partial charge in [-0.3, -0.25) is 0 Å². The number of hydrogen-bond donors (Lipinski definition) is 3. The van der Waals surface area contributed by atoms with E-state index in [9.17, 15) is 21.9 Å². The van der Waals surface area contributed by atoms with Crippen molar-refractivity contribution in [2.75, 3.05) is 6.54 Å². The standard InChI is InChI=1S/C12H18N2O5S2/c13-20(16,17)11-2-1-3-12(7-11)21(18,19)14-8-9-4-5-10(15)6-9/h1-3,7,9-10,14-15H,4-6,8H2,(H2,13,16,17). The maximum absolute atomic E-state index is 12.1. The third-order valence-electron chi connectivity index (χ3n) is 3.52. The molecule has 0 bridgehead atoms. The Kier molecular flexibility index (Phi) is 4.69. The Labute approximate surface area is 124 Å². The normalized spacial score (nSPS) is 23.3. The highest BCUT2D eigenvalue weighted by Gasteiger charge is 2.25. The number of hydrogen-bond acceptors (Lipinski definition) is 5. The molecule has 1 aromatic rings. The van der Waals surface area contributed by atoms with Crippen molar-refractivity contribution in [2.24, 2.45) is 11.1 Å². The third kappa shape index (κ3) is 4.24. The Morgan fingerprint density at radius 2 is 1.86 bits per heavy atom. The molecule has 1 aromatic carbocycles. The lowest BCUT2D eigenvalue weighted by Gasteiger charge is -2.12. The van der Waals surface area contributed by atoms with E-state index in [4.69, 9.17) is 5.14 Å². The van der Waals surface area contributed by atoms with E-state index in [0.717, 1.165) is 12.5 Å². The van der Waals surface area contributed by atoms with E-state index in [2.05, 4.69) is 4.72 Å². The van der Waals surface area contributed by atoms with Gasteiger partial charge in [-0.25, -0.2) is 26.7 Å². The van der Waals surface area contributed by atoms with Crippen LogP contribution in [0.1, 0.15) is 19.3 Å². The molecular formula is C12H18N2O5S2. The van der Waals surface area contributed by atoms with Gasteiger partial charge in [-0.15, -0.1) is 0 Å². The van der Waals surface area contributed by atoms with Crippen LogP contribution >= 0.6 is 0 Å². The van der Waals surface area contributed by atoms with Gasteiger partial charge >= 0.3 is 0 Å². The molecule has 0 amide bonds. The monoisotopic (exact) mass is 334 g/mol. The zero-order chi connectivity index (χ0) is 15.7. The van der Waals surface area contributed by atoms with Crippen molar-refractivity contribution in [1.29, 1.82) is 0 Å². The van der Waals surface area contributed by atoms with E-state index >= 15 is 0 Å². The molecule has 0 heterocycles. The molecule has 2 unspecified atom stereocenters. The van der Waals surface area contributed by atoms with Crippen molar-refractivity contribution >= 4 is 20.0 Å². The molecule has 7 nitrogen and oxygen atoms in total. The van der Waals surface area contributed by atoms with Gasteiger partial charge in [0.1, 0.15) is 0 Å². The van der Waals surface area contributed by atoms with Crippen molar-refractivity contribution in [3.8, 4) is 0 Å². The number of sulfonamides is 2. The Morgan fingerprint density at radius 1 is 1.19 bits per heavy atom. The van der Waals surface area contributed by atoms with Crippen LogP contribution in [0.2, 0.25) is 0 Å². The third-order valence-corrected chi connectivity index (χ3v) is 5.85. The Hall–Kier alpha value is -1.00. The second-order valence-electron chi connectivity index (χ2n) is 5.20. The molecule has 9 heteroatoms. The van der Waals surface area contributed by atoms with Crippen LogP contribution < -0.4 is 9.86 Å². The quantitative estimate of drug-likeness (QED) is 0.686. The van der Waals surface area contributed by atoms with E-state index in [1.165, 1.54) is 18.2 Å². The van der Waals surface area contributed by atoms with E-state index in [-0.39, 0.29) is 28.4 Å². The minimum Gasteiger partial charge on any atom is -0.393 e. The molecule has 4 N–H and O–H groups in total. The van der Waals surface area contributed by atoms with Gasteiger partial charge < -0.3 is 5.11 Å². The summed E-state index contributed by atoms with van der Waals surface area (Å²) in [5.74, 6) is 0.0937. The Bertz CT molecular complexity index is 715. The molecule has 1 aliphatic rings. The zero-order valence-corrected chi connectivity index (χ0v) is 12.9. The van der Waals surface area contributed by atoms with Gasteiger partial charge in [0.25, 0.3) is 0 Å². The fourth-order valence-corrected chi connectivity index (χ4v) is 4.16. The first-order valence-corrected chi connectivity index (χ1v) is 9.52. The van der Waals surface area contributed by atoms with Gasteiger partial charge in [0.15, 0.2) is 0 Å². The number of aliphatic hydroxyl groups excluding tert-OH is 1. The highest BCUT2D eigenvalue weighted by molar-refractivity contribution is 7.90. The van der Waals surface area contributed by atoms with Gasteiger partial charge in [-0.1, -0.05) is 6.07 Å². The lowest BCUT2D eigenvalue weighted by atomic mass is 10.1. The van der Waals surface area contributed by atoms with Gasteiger partial charge in [-0.05, 0) is 43.4 Å². The molecule has 0 aromatic heterocycles. The van der Waals surface area contributed by atoms with Crippen LogP contribution in [0.5, 0.6) is 0 Å². The van der Waals surface area contributed by atoms with Gasteiger partial charge in [0.05, 0.1) is 15.9 Å². The summed E-state index contributed by atoms with van der Waals surface area (Å²) >= 11 is 0. The summed E-state index contributed by atoms with van der Waals surface area (Å²) in [6.07, 6.45) is 1.64. The fraction of sp³-hybridized carbons (Fsp3) is 0.500. The van der Waals surface area contributed by atoms with Gasteiger partial charge in [-0.2, -0.15) is 0 Å². The summed E-state index contributed by atoms with van der Waals surface area (Å²) < 4.78 is 49.2. The predicted octanol–water partition coefficient (Wildman–Crippen LogP) is -0.227. The molecule has 1 saturated carbocycles. The van der Waals surface area contributed by atoms with E-state index in [1.54, 1.807) is 0 Å². The minimum absolute atomic E-state index is 0.0937. The molecule has 21 heavy (non-hydrogen) atoms. The molecule has 118 valence electrons. The lowest BCUT2D eigenvalue weighted by Crippen LogP contribution is -2.29.